The first-order chi connectivity index (χ1) is 21.8. The number of hydrogen-bond donors (Lipinski definition) is 3. The maximum absolute atomic E-state index is 13.3. The molecule has 1 unspecified atom stereocenters. The van der Waals surface area contributed by atoms with Crippen LogP contribution in [0.1, 0.15) is 41.7 Å². The predicted octanol–water partition coefficient (Wildman–Crippen LogP) is 3.53. The van der Waals surface area contributed by atoms with Crippen molar-refractivity contribution in [2.45, 2.75) is 25.8 Å². The smallest absolute Gasteiger partial charge is 0.274 e. The van der Waals surface area contributed by atoms with E-state index in [0.717, 1.165) is 46.3 Å². The van der Waals surface area contributed by atoms with E-state index in [2.05, 4.69) is 27.4 Å². The Hall–Kier alpha value is -5.05. The molecule has 9 nitrogen and oxygen atoms in total. The molecule has 0 radical (unpaired) electrons. The number of nitrogens with one attached hydrogen (secondary N) is 3. The van der Waals surface area contributed by atoms with Crippen molar-refractivity contribution in [3.05, 3.63) is 104 Å². The van der Waals surface area contributed by atoms with Crippen LogP contribution in [0.4, 0.5) is 10.1 Å². The van der Waals surface area contributed by atoms with Gasteiger partial charge in [-0.3, -0.25) is 19.0 Å². The lowest BCUT2D eigenvalue weighted by molar-refractivity contribution is -0.116. The summed E-state index contributed by atoms with van der Waals surface area (Å²) >= 11 is 0.983. The lowest BCUT2D eigenvalue weighted by Gasteiger charge is -2.14. The highest BCUT2D eigenvalue weighted by Gasteiger charge is 2.18. The summed E-state index contributed by atoms with van der Waals surface area (Å²) in [6.45, 7) is 9.04. The Morgan fingerprint density at radius 1 is 1.09 bits per heavy atom. The fourth-order valence-corrected chi connectivity index (χ4v) is 6.21. The number of carbonyl (C=O) groups is 2. The topological polar surface area (TPSA) is 119 Å². The minimum Gasteiger partial charge on any atom is -0.360 e. The highest BCUT2D eigenvalue weighted by molar-refractivity contribution is 7.07. The van der Waals surface area contributed by atoms with E-state index >= 15 is 0 Å². The molecule has 1 aliphatic heterocycles. The van der Waals surface area contributed by atoms with Crippen LogP contribution in [0.3, 0.4) is 0 Å². The van der Waals surface area contributed by atoms with E-state index in [0.29, 0.717) is 23.4 Å². The van der Waals surface area contributed by atoms with Gasteiger partial charge in [0, 0.05) is 36.7 Å². The molecule has 2 amide bonds. The Morgan fingerprint density at radius 2 is 1.80 bits per heavy atom. The minimum atomic E-state index is -0.667. The summed E-state index contributed by atoms with van der Waals surface area (Å²) < 4.78 is 14.9. The van der Waals surface area contributed by atoms with Crippen molar-refractivity contribution in [1.29, 1.82) is 5.26 Å². The van der Waals surface area contributed by atoms with Crippen LogP contribution in [0.5, 0.6) is 0 Å². The molecule has 230 valence electrons. The molecule has 1 atom stereocenters. The van der Waals surface area contributed by atoms with Crippen molar-refractivity contribution in [3.8, 4) is 6.07 Å². The summed E-state index contributed by atoms with van der Waals surface area (Å²) in [4.78, 5) is 41.2. The number of amides is 2. The molecule has 3 aromatic carbocycles. The lowest BCUT2D eigenvalue weighted by Crippen LogP contribution is -2.33. The highest BCUT2D eigenvalue weighted by atomic mass is 32.1. The Labute approximate surface area is 263 Å². The van der Waals surface area contributed by atoms with Crippen molar-refractivity contribution in [3.63, 3.8) is 0 Å². The Morgan fingerprint density at radius 3 is 2.51 bits per heavy atom. The van der Waals surface area contributed by atoms with Gasteiger partial charge < -0.3 is 20.9 Å². The van der Waals surface area contributed by atoms with Gasteiger partial charge in [-0.05, 0) is 85.6 Å². The molecule has 1 aromatic heterocycles. The van der Waals surface area contributed by atoms with Gasteiger partial charge in [-0.1, -0.05) is 30.8 Å². The number of benzene rings is 3. The van der Waals surface area contributed by atoms with Gasteiger partial charge >= 0.3 is 0 Å². The fraction of sp³-hybridized carbons (Fsp3) is 0.235. The lowest BCUT2D eigenvalue weighted by atomic mass is 10.1. The zero-order valence-electron chi connectivity index (χ0n) is 24.8. The molecule has 1 saturated heterocycles. The second-order valence-corrected chi connectivity index (χ2v) is 11.8. The van der Waals surface area contributed by atoms with Gasteiger partial charge in [-0.15, -0.1) is 11.3 Å². The molecule has 0 saturated carbocycles. The first-order valence-corrected chi connectivity index (χ1v) is 15.4. The van der Waals surface area contributed by atoms with E-state index in [4.69, 9.17) is 0 Å². The van der Waals surface area contributed by atoms with Crippen LogP contribution in [0.2, 0.25) is 0 Å². The van der Waals surface area contributed by atoms with E-state index in [9.17, 15) is 24.0 Å². The zero-order chi connectivity index (χ0) is 31.9. The number of carbonyl (C=O) groups excluding carboxylic acids is 2. The number of rotatable bonds is 10. The molecular weight excluding hydrogens is 591 g/mol. The number of hydrogen-bond acceptors (Lipinski definition) is 7. The first kappa shape index (κ1) is 31.4. The van der Waals surface area contributed by atoms with Crippen molar-refractivity contribution in [1.82, 2.24) is 20.1 Å². The molecule has 0 spiro atoms. The molecule has 2 heterocycles. The second kappa shape index (κ2) is 14.2. The second-order valence-electron chi connectivity index (χ2n) is 10.7. The predicted molar refractivity (Wildman–Crippen MR) is 176 cm³/mol. The van der Waals surface area contributed by atoms with Crippen LogP contribution >= 0.6 is 11.3 Å². The van der Waals surface area contributed by atoms with Crippen LogP contribution in [-0.2, 0) is 4.79 Å². The van der Waals surface area contributed by atoms with Crippen LogP contribution in [0, 0.1) is 17.1 Å². The molecule has 1 aliphatic rings. The SMILES string of the molecule is C=Cn1c(=O)/c(=C\Nc2ccc3cc(C(=O)NCCN4CCCC4)ccc3c2)s/c1=C(/C#N)C(=O)NC(C)c1ccc(F)cc1. The molecule has 1 fully saturated rings. The van der Waals surface area contributed by atoms with Gasteiger partial charge in [-0.25, -0.2) is 4.39 Å². The largest absolute Gasteiger partial charge is 0.360 e. The maximum atomic E-state index is 13.3. The van der Waals surface area contributed by atoms with Crippen LogP contribution < -0.4 is 30.7 Å². The van der Waals surface area contributed by atoms with Gasteiger partial charge in [0.05, 0.1) is 6.04 Å². The van der Waals surface area contributed by atoms with E-state index in [-0.39, 0.29) is 20.7 Å². The fourth-order valence-electron chi connectivity index (χ4n) is 5.20. The average molecular weight is 625 g/mol. The monoisotopic (exact) mass is 624 g/mol. The van der Waals surface area contributed by atoms with Crippen molar-refractivity contribution < 1.29 is 14.0 Å². The molecule has 0 aliphatic carbocycles. The van der Waals surface area contributed by atoms with Gasteiger partial charge in [-0.2, -0.15) is 5.26 Å². The summed E-state index contributed by atoms with van der Waals surface area (Å²) in [5, 5.41) is 20.5. The highest BCUT2D eigenvalue weighted by Crippen LogP contribution is 2.21. The Balaban J connectivity index is 1.32. The third-order valence-corrected chi connectivity index (χ3v) is 8.80. The quantitative estimate of drug-likeness (QED) is 0.249. The molecule has 11 heteroatoms. The third kappa shape index (κ3) is 7.37. The van der Waals surface area contributed by atoms with Gasteiger partial charge in [0.2, 0.25) is 0 Å². The van der Waals surface area contributed by atoms with Crippen LogP contribution in [-0.4, -0.2) is 47.5 Å². The van der Waals surface area contributed by atoms with E-state index in [1.807, 2.05) is 36.4 Å². The standard InChI is InChI=1S/C34H33FN6O3S/c1-3-41-33(44)30(45-34(41)29(20-36)32(43)39-22(2)23-8-11-27(35)12-9-23)21-38-28-13-10-24-18-26(7-6-25(24)19-28)31(42)37-14-17-40-15-4-5-16-40/h3,6-13,18-19,21-22,38H,1,4-5,14-17H2,2H3,(H,37,42)(H,39,43)/b30-21+,34-29-. The summed E-state index contributed by atoms with van der Waals surface area (Å²) in [5.74, 6) is -1.17. The molecule has 5 rings (SSSR count). The van der Waals surface area contributed by atoms with Gasteiger partial charge in [0.1, 0.15) is 21.1 Å². The summed E-state index contributed by atoms with van der Waals surface area (Å²) in [6.07, 6.45) is 5.21. The van der Waals surface area contributed by atoms with Crippen molar-refractivity contribution >= 4 is 57.6 Å². The number of nitrogens with zero attached hydrogens (tertiary/aromatic N) is 3. The minimum absolute atomic E-state index is 0.106. The van der Waals surface area contributed by atoms with E-state index < -0.39 is 23.3 Å². The number of thiazole rings is 1. The normalized spacial score (nSPS) is 14.9. The van der Waals surface area contributed by atoms with E-state index in [1.54, 1.807) is 25.1 Å². The molecule has 45 heavy (non-hydrogen) atoms. The Kier molecular flexibility index (Phi) is 9.87. The molecule has 0 bridgehead atoms. The summed E-state index contributed by atoms with van der Waals surface area (Å²) in [6, 6.07) is 18.2. The zero-order valence-corrected chi connectivity index (χ0v) is 25.6. The maximum Gasteiger partial charge on any atom is 0.274 e. The van der Waals surface area contributed by atoms with E-state index in [1.165, 1.54) is 37.4 Å². The number of halogens is 1. The van der Waals surface area contributed by atoms with Crippen LogP contribution in [0.15, 0.2) is 72.0 Å². The third-order valence-electron chi connectivity index (χ3n) is 7.69. The summed E-state index contributed by atoms with van der Waals surface area (Å²) in [7, 11) is 0. The van der Waals surface area contributed by atoms with Crippen molar-refractivity contribution in [2.75, 3.05) is 31.5 Å². The number of aromatic nitrogens is 1. The van der Waals surface area contributed by atoms with Crippen molar-refractivity contribution in [2.24, 2.45) is 0 Å². The summed E-state index contributed by atoms with van der Waals surface area (Å²) in [5.41, 5.74) is 1.28. The number of nitriles is 1. The first-order valence-electron chi connectivity index (χ1n) is 14.6. The molecule has 3 N–H and O–H groups in total. The molecule has 4 aromatic rings. The van der Waals surface area contributed by atoms with Gasteiger partial charge in [0.25, 0.3) is 17.4 Å². The van der Waals surface area contributed by atoms with Gasteiger partial charge in [0.15, 0.2) is 5.57 Å². The average Bonchev–Trinajstić information content (AvgIpc) is 3.67. The van der Waals surface area contributed by atoms with Crippen LogP contribution in [0.25, 0.3) is 28.7 Å². The molecular formula is C34H33FN6O3S. The number of fused-ring (bicyclic) bond motifs is 1. The Bertz CT molecular complexity index is 1970. The number of anilines is 1. The number of likely N-dealkylation sites (tertiary alicyclic amines) is 1.